The Labute approximate surface area is 317 Å². The molecule has 0 aromatic heterocycles. The topological polar surface area (TPSA) is 0 Å². The number of unbranched alkanes of at least 4 members (excludes halogenated alkanes) is 1. The van der Waals surface area contributed by atoms with E-state index in [0.717, 1.165) is 80.6 Å². The van der Waals surface area contributed by atoms with Gasteiger partial charge in [-0.15, -0.1) is 0 Å². The molecule has 2 unspecified atom stereocenters. The summed E-state index contributed by atoms with van der Waals surface area (Å²) >= 11 is 0. The minimum atomic E-state index is 0.883. The fraction of sp³-hybridized carbons (Fsp3) is 0.680. The average molecular weight is 691 g/mol. The number of rotatable bonds is 27. The Morgan fingerprint density at radius 2 is 0.820 bits per heavy atom. The van der Waals surface area contributed by atoms with E-state index in [9.17, 15) is 0 Å². The first-order valence-corrected chi connectivity index (χ1v) is 20.7. The molecule has 0 aromatic carbocycles. The molecular formula is C50H90. The molecule has 0 fully saturated rings. The second-order valence-electron chi connectivity index (χ2n) is 16.8. The molecular weight excluding hydrogens is 601 g/mol. The van der Waals surface area contributed by atoms with Gasteiger partial charge in [-0.05, 0) is 117 Å². The van der Waals surface area contributed by atoms with Crippen molar-refractivity contribution in [1.82, 2.24) is 0 Å². The monoisotopic (exact) mass is 691 g/mol. The largest absolute Gasteiger partial charge is 0.0998 e. The van der Waals surface area contributed by atoms with Crippen LogP contribution in [0.1, 0.15) is 199 Å². The lowest BCUT2D eigenvalue weighted by molar-refractivity contribution is 0.390. The van der Waals surface area contributed by atoms with Gasteiger partial charge in [0.1, 0.15) is 0 Å². The first kappa shape index (κ1) is 52.3. The molecule has 50 heavy (non-hydrogen) atoms. The van der Waals surface area contributed by atoms with Gasteiger partial charge in [-0.25, -0.2) is 0 Å². The quantitative estimate of drug-likeness (QED) is 0.0457. The third-order valence-corrected chi connectivity index (χ3v) is 8.99. The van der Waals surface area contributed by atoms with Crippen LogP contribution in [0, 0.1) is 23.7 Å². The van der Waals surface area contributed by atoms with Crippen LogP contribution in [-0.2, 0) is 0 Å². The summed E-state index contributed by atoms with van der Waals surface area (Å²) in [5.74, 6) is 3.66. The number of hydrogen-bond donors (Lipinski definition) is 0. The maximum Gasteiger partial charge on any atom is -0.0250 e. The average Bonchev–Trinajstić information content (AvgIpc) is 3.01. The van der Waals surface area contributed by atoms with Crippen molar-refractivity contribution in [2.45, 2.75) is 199 Å². The van der Waals surface area contributed by atoms with Crippen molar-refractivity contribution in [3.05, 3.63) is 96.2 Å². The van der Waals surface area contributed by atoms with E-state index in [1.54, 1.807) is 0 Å². The van der Waals surface area contributed by atoms with Crippen LogP contribution in [0.5, 0.6) is 0 Å². The molecule has 290 valence electrons. The van der Waals surface area contributed by atoms with Crippen LogP contribution in [0.15, 0.2) is 96.2 Å². The summed E-state index contributed by atoms with van der Waals surface area (Å²) in [6, 6.07) is 0. The molecule has 0 amide bonds. The van der Waals surface area contributed by atoms with E-state index in [1.807, 2.05) is 6.08 Å². The van der Waals surface area contributed by atoms with Crippen LogP contribution < -0.4 is 0 Å². The fourth-order valence-corrected chi connectivity index (χ4v) is 5.53. The molecule has 0 bridgehead atoms. The Hall–Kier alpha value is -2.08. The Balaban J connectivity index is -0.000000701. The molecule has 0 aromatic rings. The Morgan fingerprint density at radius 3 is 1.20 bits per heavy atom. The summed E-state index contributed by atoms with van der Waals surface area (Å²) in [6.45, 7) is 42.7. The molecule has 0 saturated heterocycles. The highest BCUT2D eigenvalue weighted by Crippen LogP contribution is 2.21. The lowest BCUT2D eigenvalue weighted by Crippen LogP contribution is -1.99. The van der Waals surface area contributed by atoms with Gasteiger partial charge in [0.15, 0.2) is 0 Å². The first-order chi connectivity index (χ1) is 23.5. The maximum absolute atomic E-state index is 4.14. The molecule has 0 aliphatic heterocycles. The van der Waals surface area contributed by atoms with Crippen LogP contribution in [0.3, 0.4) is 0 Å². The van der Waals surface area contributed by atoms with Crippen molar-refractivity contribution in [2.24, 2.45) is 23.7 Å². The van der Waals surface area contributed by atoms with Gasteiger partial charge < -0.3 is 0 Å². The number of allylic oxidation sites excluding steroid dienone is 12. The molecule has 0 nitrogen and oxygen atoms in total. The highest BCUT2D eigenvalue weighted by atomic mass is 14.1. The summed E-state index contributed by atoms with van der Waals surface area (Å²) < 4.78 is 0. The van der Waals surface area contributed by atoms with Gasteiger partial charge in [0.2, 0.25) is 0 Å². The van der Waals surface area contributed by atoms with E-state index in [-0.39, 0.29) is 0 Å². The minimum Gasteiger partial charge on any atom is -0.0998 e. The van der Waals surface area contributed by atoms with Gasteiger partial charge >= 0.3 is 0 Å². The highest BCUT2D eigenvalue weighted by Gasteiger charge is 2.06. The predicted molar refractivity (Wildman–Crippen MR) is 236 cm³/mol. The molecule has 0 N–H and O–H groups in total. The zero-order chi connectivity index (χ0) is 38.7. The van der Waals surface area contributed by atoms with E-state index in [2.05, 4.69) is 140 Å². The van der Waals surface area contributed by atoms with E-state index in [4.69, 9.17) is 0 Å². The van der Waals surface area contributed by atoms with Crippen LogP contribution in [-0.4, -0.2) is 0 Å². The van der Waals surface area contributed by atoms with Gasteiger partial charge in [-0.1, -0.05) is 202 Å². The second-order valence-corrected chi connectivity index (χ2v) is 16.8. The highest BCUT2D eigenvalue weighted by molar-refractivity contribution is 5.16. The van der Waals surface area contributed by atoms with Crippen molar-refractivity contribution in [1.29, 1.82) is 0 Å². The van der Waals surface area contributed by atoms with Gasteiger partial charge in [0, 0.05) is 0 Å². The van der Waals surface area contributed by atoms with Crippen LogP contribution in [0.4, 0.5) is 0 Å². The van der Waals surface area contributed by atoms with E-state index < -0.39 is 0 Å². The molecule has 0 aliphatic rings. The Bertz CT molecular complexity index is 938. The zero-order valence-corrected chi connectivity index (χ0v) is 36.3. The minimum absolute atomic E-state index is 0.883. The van der Waals surface area contributed by atoms with Crippen LogP contribution in [0.25, 0.3) is 0 Å². The first-order valence-electron chi connectivity index (χ1n) is 20.7. The van der Waals surface area contributed by atoms with Crippen molar-refractivity contribution in [3.8, 4) is 0 Å². The van der Waals surface area contributed by atoms with Crippen molar-refractivity contribution in [2.75, 3.05) is 0 Å². The van der Waals surface area contributed by atoms with Crippen LogP contribution in [0.2, 0.25) is 0 Å². The molecule has 0 aliphatic carbocycles. The van der Waals surface area contributed by atoms with E-state index >= 15 is 0 Å². The lowest BCUT2D eigenvalue weighted by atomic mass is 9.92. The predicted octanol–water partition coefficient (Wildman–Crippen LogP) is 17.9. The maximum atomic E-state index is 4.14. The summed E-state index contributed by atoms with van der Waals surface area (Å²) in [5, 5.41) is 0. The normalized spacial score (nSPS) is 11.9. The summed E-state index contributed by atoms with van der Waals surface area (Å²) in [4.78, 5) is 0. The summed E-state index contributed by atoms with van der Waals surface area (Å²) in [5.41, 5.74) is 7.84. The number of hydrogen-bond acceptors (Lipinski definition) is 0. The van der Waals surface area contributed by atoms with Gasteiger partial charge in [0.25, 0.3) is 0 Å². The molecule has 2 atom stereocenters. The molecule has 0 heterocycles. The molecule has 0 spiro atoms. The van der Waals surface area contributed by atoms with Crippen molar-refractivity contribution < 1.29 is 0 Å². The van der Waals surface area contributed by atoms with Gasteiger partial charge in [0.05, 0.1) is 0 Å². The molecule has 0 rings (SSSR count). The van der Waals surface area contributed by atoms with Gasteiger partial charge in [-0.2, -0.15) is 0 Å². The lowest BCUT2D eigenvalue weighted by Gasteiger charge is -2.14. The Morgan fingerprint density at radius 1 is 0.460 bits per heavy atom. The van der Waals surface area contributed by atoms with E-state index in [1.165, 1.54) is 92.1 Å². The van der Waals surface area contributed by atoms with Crippen LogP contribution >= 0.6 is 0 Å². The van der Waals surface area contributed by atoms with Crippen molar-refractivity contribution in [3.63, 3.8) is 0 Å². The fourth-order valence-electron chi connectivity index (χ4n) is 5.53. The van der Waals surface area contributed by atoms with Crippen molar-refractivity contribution >= 4 is 0 Å². The van der Waals surface area contributed by atoms with E-state index in [0.29, 0.717) is 0 Å². The SMILES string of the molecule is C=C(/C=C/CCC(=C)CCC=C(C)C)CCC=C(C)C.C=CC(=C)CCC=C(C)C.CC(C)CCCC(C)CCCCC(C)CCCC(C)C. The standard InChI is InChI=1S/C20H42.C20H32.C10H16/c2*1-17(2)11-9-15-19(5)13-7-8-14-20(6)16-10-12-18(3)4;1-5-10(4)8-6-7-9(2)3/h17-20H,7-16H2,1-6H3;7,11-13H,5-6,8-10,14-16H2,1-4H3;5,7H,1,4,6,8H2,2-3H3/b;13-7+;. The third kappa shape index (κ3) is 48.0. The molecule has 0 radical (unpaired) electrons. The second kappa shape index (κ2) is 36.7. The Kier molecular flexibility index (Phi) is 38.4. The molecule has 0 saturated carbocycles. The van der Waals surface area contributed by atoms with Gasteiger partial charge in [-0.3, -0.25) is 0 Å². The summed E-state index contributed by atoms with van der Waals surface area (Å²) in [6.07, 6.45) is 36.1. The summed E-state index contributed by atoms with van der Waals surface area (Å²) in [7, 11) is 0. The third-order valence-electron chi connectivity index (χ3n) is 8.99. The smallest absolute Gasteiger partial charge is 0.0250 e. The zero-order valence-electron chi connectivity index (χ0n) is 36.3. The molecule has 0 heteroatoms.